The summed E-state index contributed by atoms with van der Waals surface area (Å²) in [5, 5.41) is 31.9. The Morgan fingerprint density at radius 3 is 2.85 bits per heavy atom. The predicted molar refractivity (Wildman–Crippen MR) is 91.8 cm³/mol. The van der Waals surface area contributed by atoms with E-state index in [4.69, 9.17) is 14.8 Å². The first kappa shape index (κ1) is 22.1. The fourth-order valence-electron chi connectivity index (χ4n) is 1.95. The second-order valence-electron chi connectivity index (χ2n) is 5.29. The highest BCUT2D eigenvalue weighted by Crippen LogP contribution is 2.16. The first-order chi connectivity index (χ1) is 12.9. The van der Waals surface area contributed by atoms with E-state index in [0.717, 1.165) is 5.06 Å². The topological polar surface area (TPSA) is 147 Å². The molecule has 0 radical (unpaired) electrons. The number of hydrogen-bond acceptors (Lipinski definition) is 9. The maximum Gasteiger partial charge on any atom is 0.294 e. The van der Waals surface area contributed by atoms with E-state index in [1.807, 2.05) is 6.07 Å². The number of benzene rings is 1. The maximum absolute atomic E-state index is 11.4. The van der Waals surface area contributed by atoms with Crippen molar-refractivity contribution >= 4 is 5.91 Å². The van der Waals surface area contributed by atoms with Gasteiger partial charge in [-0.1, -0.05) is 12.1 Å². The zero-order chi connectivity index (χ0) is 20.1. The van der Waals surface area contributed by atoms with Gasteiger partial charge in [0.2, 0.25) is 5.91 Å². The van der Waals surface area contributed by atoms with Crippen molar-refractivity contribution in [1.82, 2.24) is 10.4 Å². The predicted octanol–water partition coefficient (Wildman–Crippen LogP) is -0.124. The SMILES string of the molecule is CC(=O)N(CCNCC(O)COc1ccccc1C#N)OCCO[N+](=O)[O-]. The van der Waals surface area contributed by atoms with Gasteiger partial charge in [0.15, 0.2) is 0 Å². The molecule has 0 aromatic heterocycles. The minimum Gasteiger partial charge on any atom is -0.489 e. The van der Waals surface area contributed by atoms with Crippen LogP contribution in [-0.4, -0.2) is 66.7 Å². The summed E-state index contributed by atoms with van der Waals surface area (Å²) in [5.41, 5.74) is 0.382. The Morgan fingerprint density at radius 2 is 2.19 bits per heavy atom. The van der Waals surface area contributed by atoms with Gasteiger partial charge in [0, 0.05) is 20.0 Å². The standard InChI is InChI=1S/C16H22N4O7/c1-13(21)19(26-8-9-27-20(23)24)7-6-18-11-15(22)12-25-16-5-3-2-4-14(16)10-17/h2-5,15,18,22H,6-9,11-12H2,1H3. The van der Waals surface area contributed by atoms with E-state index in [2.05, 4.69) is 10.2 Å². The van der Waals surface area contributed by atoms with Crippen LogP contribution in [0, 0.1) is 21.4 Å². The van der Waals surface area contributed by atoms with Crippen molar-refractivity contribution in [3.8, 4) is 11.8 Å². The van der Waals surface area contributed by atoms with Crippen LogP contribution in [0.2, 0.25) is 0 Å². The van der Waals surface area contributed by atoms with E-state index < -0.39 is 11.2 Å². The Labute approximate surface area is 156 Å². The number of ether oxygens (including phenoxy) is 1. The molecule has 0 spiro atoms. The molecule has 1 amide bonds. The number of nitrogens with zero attached hydrogens (tertiary/aromatic N) is 3. The first-order valence-corrected chi connectivity index (χ1v) is 8.13. The highest BCUT2D eigenvalue weighted by atomic mass is 17.0. The van der Waals surface area contributed by atoms with Crippen molar-refractivity contribution in [1.29, 1.82) is 5.26 Å². The molecule has 1 aromatic carbocycles. The summed E-state index contributed by atoms with van der Waals surface area (Å²) in [6.07, 6.45) is -0.822. The van der Waals surface area contributed by atoms with Gasteiger partial charge >= 0.3 is 0 Å². The summed E-state index contributed by atoms with van der Waals surface area (Å²) in [6.45, 7) is 1.56. The number of aliphatic hydroxyl groups is 1. The van der Waals surface area contributed by atoms with E-state index in [-0.39, 0.29) is 38.8 Å². The molecular formula is C16H22N4O7. The Balaban J connectivity index is 2.23. The van der Waals surface area contributed by atoms with E-state index in [9.17, 15) is 20.0 Å². The second kappa shape index (κ2) is 12.4. The smallest absolute Gasteiger partial charge is 0.294 e. The number of carbonyl (C=O) groups is 1. The van der Waals surface area contributed by atoms with Crippen molar-refractivity contribution in [3.05, 3.63) is 39.9 Å². The molecule has 1 rings (SSSR count). The van der Waals surface area contributed by atoms with Crippen LogP contribution in [0.4, 0.5) is 0 Å². The largest absolute Gasteiger partial charge is 0.489 e. The molecule has 2 N–H and O–H groups in total. The number of nitrogens with one attached hydrogen (secondary N) is 1. The van der Waals surface area contributed by atoms with Gasteiger partial charge in [-0.25, -0.2) is 5.06 Å². The van der Waals surface area contributed by atoms with Crippen molar-refractivity contribution in [2.75, 3.05) is 39.5 Å². The summed E-state index contributed by atoms with van der Waals surface area (Å²) >= 11 is 0. The quantitative estimate of drug-likeness (QED) is 0.270. The summed E-state index contributed by atoms with van der Waals surface area (Å²) in [4.78, 5) is 30.6. The Morgan fingerprint density at radius 1 is 1.44 bits per heavy atom. The van der Waals surface area contributed by atoms with Crippen LogP contribution in [0.15, 0.2) is 24.3 Å². The highest BCUT2D eigenvalue weighted by Gasteiger charge is 2.11. The molecule has 1 unspecified atom stereocenters. The summed E-state index contributed by atoms with van der Waals surface area (Å²) in [5.74, 6) is 0.0297. The summed E-state index contributed by atoms with van der Waals surface area (Å²) in [7, 11) is 0. The summed E-state index contributed by atoms with van der Waals surface area (Å²) in [6, 6.07) is 8.71. The number of rotatable bonds is 13. The van der Waals surface area contributed by atoms with Crippen molar-refractivity contribution in [2.24, 2.45) is 0 Å². The normalized spacial score (nSPS) is 11.3. The lowest BCUT2D eigenvalue weighted by atomic mass is 10.2. The number of hydrogen-bond donors (Lipinski definition) is 2. The van der Waals surface area contributed by atoms with Crippen LogP contribution in [-0.2, 0) is 14.5 Å². The molecule has 0 aliphatic heterocycles. The zero-order valence-corrected chi connectivity index (χ0v) is 14.9. The van der Waals surface area contributed by atoms with Crippen LogP contribution in [0.5, 0.6) is 5.75 Å². The molecule has 148 valence electrons. The van der Waals surface area contributed by atoms with Gasteiger partial charge in [-0.2, -0.15) is 5.26 Å². The molecule has 1 atom stereocenters. The Bertz CT molecular complexity index is 650. The van der Waals surface area contributed by atoms with Gasteiger partial charge in [0.1, 0.15) is 31.1 Å². The van der Waals surface area contributed by atoms with E-state index in [0.29, 0.717) is 17.9 Å². The molecule has 0 heterocycles. The minimum atomic E-state index is -0.943. The molecule has 0 fully saturated rings. The van der Waals surface area contributed by atoms with E-state index >= 15 is 0 Å². The van der Waals surface area contributed by atoms with Gasteiger partial charge in [-0.3, -0.25) is 9.63 Å². The van der Waals surface area contributed by atoms with Gasteiger partial charge in [-0.05, 0) is 12.1 Å². The van der Waals surface area contributed by atoms with Gasteiger partial charge < -0.3 is 20.0 Å². The average molecular weight is 382 g/mol. The van der Waals surface area contributed by atoms with Crippen molar-refractivity contribution in [3.63, 3.8) is 0 Å². The van der Waals surface area contributed by atoms with Crippen LogP contribution < -0.4 is 10.1 Å². The van der Waals surface area contributed by atoms with Crippen molar-refractivity contribution < 1.29 is 29.4 Å². The number of nitriles is 1. The highest BCUT2D eigenvalue weighted by molar-refractivity contribution is 5.71. The molecule has 0 bridgehead atoms. The molecule has 1 aromatic rings. The first-order valence-electron chi connectivity index (χ1n) is 8.13. The Kier molecular flexibility index (Phi) is 10.2. The molecule has 11 heteroatoms. The number of aliphatic hydroxyl groups excluding tert-OH is 1. The Hall–Kier alpha value is -2.94. The van der Waals surface area contributed by atoms with E-state index in [1.165, 1.54) is 6.92 Å². The minimum absolute atomic E-state index is 0.00313. The van der Waals surface area contributed by atoms with Crippen molar-refractivity contribution in [2.45, 2.75) is 13.0 Å². The second-order valence-corrected chi connectivity index (χ2v) is 5.29. The zero-order valence-electron chi connectivity index (χ0n) is 14.9. The lowest BCUT2D eigenvalue weighted by Gasteiger charge is -2.21. The number of hydroxylamine groups is 2. The molecule has 0 saturated heterocycles. The maximum atomic E-state index is 11.4. The van der Waals surface area contributed by atoms with Gasteiger partial charge in [0.25, 0.3) is 5.09 Å². The van der Waals surface area contributed by atoms with Crippen LogP contribution in [0.3, 0.4) is 0 Å². The van der Waals surface area contributed by atoms with Crippen LogP contribution >= 0.6 is 0 Å². The molecular weight excluding hydrogens is 360 g/mol. The number of para-hydroxylation sites is 1. The molecule has 0 saturated carbocycles. The summed E-state index contributed by atoms with van der Waals surface area (Å²) < 4.78 is 5.42. The number of carbonyl (C=O) groups excluding carboxylic acids is 1. The fourth-order valence-corrected chi connectivity index (χ4v) is 1.95. The third-order valence-corrected chi connectivity index (χ3v) is 3.19. The lowest BCUT2D eigenvalue weighted by Crippen LogP contribution is -2.39. The molecule has 27 heavy (non-hydrogen) atoms. The monoisotopic (exact) mass is 382 g/mol. The molecule has 0 aliphatic carbocycles. The van der Waals surface area contributed by atoms with E-state index in [1.54, 1.807) is 24.3 Å². The third kappa shape index (κ3) is 9.36. The van der Waals surface area contributed by atoms with Gasteiger partial charge in [-0.15, -0.1) is 10.1 Å². The third-order valence-electron chi connectivity index (χ3n) is 3.19. The molecule has 11 nitrogen and oxygen atoms in total. The number of amides is 1. The molecule has 0 aliphatic rings. The van der Waals surface area contributed by atoms with Crippen LogP contribution in [0.1, 0.15) is 12.5 Å². The van der Waals surface area contributed by atoms with Gasteiger partial charge in [0.05, 0.1) is 18.7 Å². The average Bonchev–Trinajstić information content (AvgIpc) is 2.64. The lowest BCUT2D eigenvalue weighted by molar-refractivity contribution is -0.758. The fraction of sp³-hybridized carbons (Fsp3) is 0.500. The van der Waals surface area contributed by atoms with Crippen LogP contribution in [0.25, 0.3) is 0 Å².